The number of hydrogen-bond donors (Lipinski definition) is 2. The molecule has 22 heteroatoms. The van der Waals surface area contributed by atoms with Gasteiger partial charge in [0.25, 0.3) is 15.9 Å². The standard InChI is InChI=1S/C32H37ClF3N11O6S/c1-29(2,3)53-28(49)47-25(17-30(47,4)5)45(18-20-39-43-44-40-20)21-7-6-8-24(37-21)54(50,51)42-27(48)19-9-10-22(38-26(19)33)46-15-11-23(41-46)52-16-14-31(12-13-31)32(34,35)36/h6-11,15,25H,12-14,16-18H2,1-5H3,(H,42,48)(H,39,40,43,44). The van der Waals surface area contributed by atoms with Crippen molar-refractivity contribution in [1.82, 2.24) is 50.0 Å². The van der Waals surface area contributed by atoms with Gasteiger partial charge in [-0.3, -0.25) is 9.69 Å². The summed E-state index contributed by atoms with van der Waals surface area (Å²) in [5, 5.41) is 17.2. The maximum absolute atomic E-state index is 13.5. The highest BCUT2D eigenvalue weighted by molar-refractivity contribution is 7.90. The Morgan fingerprint density at radius 2 is 1.85 bits per heavy atom. The van der Waals surface area contributed by atoms with Crippen LogP contribution >= 0.6 is 11.6 Å². The van der Waals surface area contributed by atoms with Gasteiger partial charge in [0.05, 0.1) is 24.1 Å². The summed E-state index contributed by atoms with van der Waals surface area (Å²) in [7, 11) is -4.60. The average molecular weight is 796 g/mol. The van der Waals surface area contributed by atoms with Crippen molar-refractivity contribution in [3.05, 3.63) is 59.1 Å². The molecule has 1 unspecified atom stereocenters. The van der Waals surface area contributed by atoms with Crippen LogP contribution in [-0.2, 0) is 21.3 Å². The first kappa shape index (κ1) is 38.7. The van der Waals surface area contributed by atoms with E-state index in [1.807, 2.05) is 18.6 Å². The van der Waals surface area contributed by atoms with Crippen LogP contribution in [0.5, 0.6) is 5.88 Å². The lowest BCUT2D eigenvalue weighted by molar-refractivity contribution is -0.190. The summed E-state index contributed by atoms with van der Waals surface area (Å²) < 4.78 is 80.9. The zero-order valence-electron chi connectivity index (χ0n) is 29.8. The molecule has 0 spiro atoms. The van der Waals surface area contributed by atoms with E-state index in [2.05, 4.69) is 35.7 Å². The van der Waals surface area contributed by atoms with E-state index in [1.165, 1.54) is 52.2 Å². The molecule has 290 valence electrons. The van der Waals surface area contributed by atoms with Gasteiger partial charge in [0.2, 0.25) is 5.88 Å². The quantitative estimate of drug-likeness (QED) is 0.185. The molecule has 2 amide bonds. The Bertz CT molecular complexity index is 2140. The van der Waals surface area contributed by atoms with Gasteiger partial charge in [-0.05, 0) is 78.1 Å². The molecule has 54 heavy (non-hydrogen) atoms. The maximum Gasteiger partial charge on any atom is 0.412 e. The van der Waals surface area contributed by atoms with Gasteiger partial charge in [-0.2, -0.15) is 26.8 Å². The zero-order chi connectivity index (χ0) is 39.3. The lowest BCUT2D eigenvalue weighted by atomic mass is 9.85. The van der Waals surface area contributed by atoms with Crippen LogP contribution in [0.4, 0.5) is 23.8 Å². The van der Waals surface area contributed by atoms with Crippen molar-refractivity contribution < 1.29 is 40.7 Å². The molecule has 6 rings (SSSR count). The van der Waals surface area contributed by atoms with Crippen LogP contribution in [-0.4, -0.2) is 95.8 Å². The van der Waals surface area contributed by atoms with Crippen LogP contribution in [0.25, 0.3) is 5.82 Å². The van der Waals surface area contributed by atoms with E-state index in [0.717, 1.165) is 0 Å². The topological polar surface area (TPSA) is 203 Å². The monoisotopic (exact) mass is 795 g/mol. The highest BCUT2D eigenvalue weighted by Gasteiger charge is 2.62. The first-order valence-corrected chi connectivity index (χ1v) is 18.5. The third-order valence-electron chi connectivity index (χ3n) is 8.95. The minimum Gasteiger partial charge on any atom is -0.477 e. The molecule has 1 atom stereocenters. The number of alkyl halides is 3. The number of rotatable bonds is 12. The van der Waals surface area contributed by atoms with Crippen molar-refractivity contribution in [3.8, 4) is 11.7 Å². The summed E-state index contributed by atoms with van der Waals surface area (Å²) in [6, 6.07) is 8.17. The number of amides is 2. The number of aromatic nitrogens is 8. The van der Waals surface area contributed by atoms with Gasteiger partial charge in [0.15, 0.2) is 16.7 Å². The number of carbonyl (C=O) groups excluding carboxylic acids is 2. The van der Waals surface area contributed by atoms with E-state index in [4.69, 9.17) is 21.1 Å². The van der Waals surface area contributed by atoms with Crippen molar-refractivity contribution in [3.63, 3.8) is 0 Å². The SMILES string of the molecule is CC(C)(C)OC(=O)N1C(N(Cc2nn[nH]n2)c2cccc(S(=O)(=O)NC(=O)c3ccc(-n4ccc(OCCC5(C(F)(F)F)CC5)n4)nc3Cl)n2)CC1(C)C. The molecule has 5 heterocycles. The molecular formula is C32H37ClF3N11O6S. The predicted octanol–water partition coefficient (Wildman–Crippen LogP) is 4.81. The fraction of sp³-hybridized carbons (Fsp3) is 0.500. The Labute approximate surface area is 312 Å². The van der Waals surface area contributed by atoms with Crippen molar-refractivity contribution in [2.45, 2.75) is 95.4 Å². The molecule has 17 nitrogen and oxygen atoms in total. The fourth-order valence-corrected chi connectivity index (χ4v) is 7.12. The lowest BCUT2D eigenvalue weighted by Crippen LogP contribution is -2.71. The van der Waals surface area contributed by atoms with Gasteiger partial charge in [0.1, 0.15) is 22.7 Å². The van der Waals surface area contributed by atoms with Crippen LogP contribution < -0.4 is 14.4 Å². The third kappa shape index (κ3) is 8.20. The summed E-state index contributed by atoms with van der Waals surface area (Å²) in [5.41, 5.74) is -3.39. The lowest BCUT2D eigenvalue weighted by Gasteiger charge is -2.57. The Kier molecular flexibility index (Phi) is 10.0. The molecule has 2 aliphatic rings. The second-order valence-electron chi connectivity index (χ2n) is 14.6. The van der Waals surface area contributed by atoms with Crippen molar-refractivity contribution in [1.29, 1.82) is 0 Å². The summed E-state index contributed by atoms with van der Waals surface area (Å²) in [6.07, 6.45) is -3.68. The first-order chi connectivity index (χ1) is 25.2. The van der Waals surface area contributed by atoms with Crippen molar-refractivity contribution in [2.75, 3.05) is 11.5 Å². The van der Waals surface area contributed by atoms with Gasteiger partial charge in [-0.25, -0.2) is 24.2 Å². The molecule has 0 bridgehead atoms. The first-order valence-electron chi connectivity index (χ1n) is 16.7. The minimum absolute atomic E-state index is 0.0182. The van der Waals surface area contributed by atoms with E-state index < -0.39 is 55.9 Å². The van der Waals surface area contributed by atoms with Crippen LogP contribution in [0.3, 0.4) is 0 Å². The third-order valence-corrected chi connectivity index (χ3v) is 10.5. The molecule has 1 aliphatic carbocycles. The highest BCUT2D eigenvalue weighted by atomic mass is 35.5. The Balaban J connectivity index is 1.16. The Morgan fingerprint density at radius 1 is 1.11 bits per heavy atom. The van der Waals surface area contributed by atoms with Crippen molar-refractivity contribution >= 4 is 39.4 Å². The van der Waals surface area contributed by atoms with Gasteiger partial charge in [-0.1, -0.05) is 22.9 Å². The summed E-state index contributed by atoms with van der Waals surface area (Å²) in [5.74, 6) is -0.552. The number of likely N-dealkylation sites (tertiary alicyclic amines) is 1. The highest BCUT2D eigenvalue weighted by Crippen LogP contribution is 2.59. The number of hydrogen-bond acceptors (Lipinski definition) is 13. The van der Waals surface area contributed by atoms with Gasteiger partial charge in [-0.15, -0.1) is 15.3 Å². The number of H-pyrrole nitrogens is 1. The normalized spacial score (nSPS) is 17.7. The number of pyridine rings is 2. The molecule has 1 aliphatic heterocycles. The van der Waals surface area contributed by atoms with Crippen molar-refractivity contribution in [2.24, 2.45) is 5.41 Å². The zero-order valence-corrected chi connectivity index (χ0v) is 31.3. The van der Waals surface area contributed by atoms with Crippen LogP contribution in [0.2, 0.25) is 5.15 Å². The number of sulfonamides is 1. The predicted molar refractivity (Wildman–Crippen MR) is 184 cm³/mol. The van der Waals surface area contributed by atoms with Gasteiger partial charge >= 0.3 is 12.3 Å². The minimum atomic E-state index is -4.60. The van der Waals surface area contributed by atoms with E-state index >= 15 is 0 Å². The molecule has 2 N–H and O–H groups in total. The van der Waals surface area contributed by atoms with Crippen LogP contribution in [0.15, 0.2) is 47.6 Å². The largest absolute Gasteiger partial charge is 0.477 e. The summed E-state index contributed by atoms with van der Waals surface area (Å²) in [6.45, 7) is 8.77. The molecule has 4 aromatic rings. The van der Waals surface area contributed by atoms with E-state index in [9.17, 15) is 31.2 Å². The maximum atomic E-state index is 13.5. The average Bonchev–Trinajstić information content (AvgIpc) is 3.43. The summed E-state index contributed by atoms with van der Waals surface area (Å²) >= 11 is 6.30. The number of aromatic amines is 1. The molecule has 0 aromatic carbocycles. The number of ether oxygens (including phenoxy) is 2. The van der Waals surface area contributed by atoms with Crippen LogP contribution in [0, 0.1) is 5.41 Å². The number of anilines is 1. The number of tetrazole rings is 1. The second kappa shape index (κ2) is 14.0. The molecule has 0 radical (unpaired) electrons. The Morgan fingerprint density at radius 3 is 2.46 bits per heavy atom. The van der Waals surface area contributed by atoms with Crippen LogP contribution in [0.1, 0.15) is 76.5 Å². The molecule has 1 saturated carbocycles. The van der Waals surface area contributed by atoms with E-state index in [0.29, 0.717) is 6.42 Å². The second-order valence-corrected chi connectivity index (χ2v) is 16.5. The Hall–Kier alpha value is -5.05. The molecule has 1 saturated heterocycles. The van der Waals surface area contributed by atoms with E-state index in [-0.39, 0.29) is 66.5 Å². The number of nitrogens with zero attached hydrogens (tertiary/aromatic N) is 9. The number of carbonyl (C=O) groups is 2. The molecular weight excluding hydrogens is 759 g/mol. The summed E-state index contributed by atoms with van der Waals surface area (Å²) in [4.78, 5) is 38.2. The smallest absolute Gasteiger partial charge is 0.412 e. The number of halogens is 4. The molecule has 4 aromatic heterocycles. The number of nitrogens with one attached hydrogen (secondary N) is 2. The fourth-order valence-electron chi connectivity index (χ4n) is 5.95. The van der Waals surface area contributed by atoms with Gasteiger partial charge < -0.3 is 14.4 Å². The molecule has 2 fully saturated rings. The van der Waals surface area contributed by atoms with Gasteiger partial charge in [0, 0.05) is 24.2 Å². The van der Waals surface area contributed by atoms with E-state index in [1.54, 1.807) is 25.7 Å².